The van der Waals surface area contributed by atoms with Crippen LogP contribution in [0.25, 0.3) is 11.0 Å². The Balaban J connectivity index is 1.39. The SMILES string of the molecule is O=C(COc1cccc(Br)c1)OCCCNC(=O)c1cc2ccccc2oc1=O. The highest BCUT2D eigenvalue weighted by Gasteiger charge is 2.13. The first-order valence-corrected chi connectivity index (χ1v) is 9.67. The molecular formula is C21H18BrNO6. The van der Waals surface area contributed by atoms with E-state index in [0.717, 1.165) is 4.47 Å². The minimum absolute atomic E-state index is 0.0666. The van der Waals surface area contributed by atoms with Crippen LogP contribution in [0.15, 0.2) is 68.3 Å². The van der Waals surface area contributed by atoms with Crippen LogP contribution < -0.4 is 15.7 Å². The summed E-state index contributed by atoms with van der Waals surface area (Å²) in [5, 5.41) is 3.28. The van der Waals surface area contributed by atoms with Gasteiger partial charge in [-0.2, -0.15) is 0 Å². The topological polar surface area (TPSA) is 94.8 Å². The molecule has 0 aliphatic heterocycles. The summed E-state index contributed by atoms with van der Waals surface area (Å²) >= 11 is 3.32. The van der Waals surface area contributed by atoms with Crippen molar-refractivity contribution < 1.29 is 23.5 Å². The number of carbonyl (C=O) groups excluding carboxylic acids is 2. The highest BCUT2D eigenvalue weighted by Crippen LogP contribution is 2.17. The molecule has 1 amide bonds. The number of amides is 1. The molecular weight excluding hydrogens is 442 g/mol. The lowest BCUT2D eigenvalue weighted by Crippen LogP contribution is -2.29. The molecule has 2 aromatic carbocycles. The number of fused-ring (bicyclic) bond motifs is 1. The summed E-state index contributed by atoms with van der Waals surface area (Å²) in [4.78, 5) is 35.8. The van der Waals surface area contributed by atoms with Gasteiger partial charge in [0, 0.05) is 16.4 Å². The number of nitrogens with one attached hydrogen (secondary N) is 1. The lowest BCUT2D eigenvalue weighted by molar-refractivity contribution is -0.146. The number of benzene rings is 2. The third-order valence-electron chi connectivity index (χ3n) is 3.91. The first kappa shape index (κ1) is 20.6. The third kappa shape index (κ3) is 5.92. The Kier molecular flexibility index (Phi) is 7.02. The van der Waals surface area contributed by atoms with Gasteiger partial charge in [-0.3, -0.25) is 4.79 Å². The Labute approximate surface area is 174 Å². The van der Waals surface area contributed by atoms with Gasteiger partial charge in [-0.15, -0.1) is 0 Å². The van der Waals surface area contributed by atoms with Crippen LogP contribution in [0.4, 0.5) is 0 Å². The van der Waals surface area contributed by atoms with Crippen LogP contribution in [-0.4, -0.2) is 31.6 Å². The minimum atomic E-state index is -0.697. The molecule has 1 N–H and O–H groups in total. The zero-order chi connectivity index (χ0) is 20.6. The van der Waals surface area contributed by atoms with E-state index in [1.165, 1.54) is 6.07 Å². The van der Waals surface area contributed by atoms with Gasteiger partial charge in [0.15, 0.2) is 6.61 Å². The molecule has 1 aromatic heterocycles. The van der Waals surface area contributed by atoms with Crippen LogP contribution in [0, 0.1) is 0 Å². The molecule has 0 unspecified atom stereocenters. The first-order chi connectivity index (χ1) is 14.0. The summed E-state index contributed by atoms with van der Waals surface area (Å²) in [5.41, 5.74) is -0.341. The second-order valence-electron chi connectivity index (χ2n) is 6.06. The maximum absolute atomic E-state index is 12.2. The van der Waals surface area contributed by atoms with E-state index in [1.54, 1.807) is 42.5 Å². The Morgan fingerprint density at radius 1 is 1.07 bits per heavy atom. The zero-order valence-electron chi connectivity index (χ0n) is 15.4. The van der Waals surface area contributed by atoms with E-state index in [-0.39, 0.29) is 25.3 Å². The molecule has 7 nitrogen and oxygen atoms in total. The average Bonchev–Trinajstić information content (AvgIpc) is 2.71. The van der Waals surface area contributed by atoms with Gasteiger partial charge < -0.3 is 19.2 Å². The number of hydrogen-bond donors (Lipinski definition) is 1. The van der Waals surface area contributed by atoms with Gasteiger partial charge in [-0.1, -0.05) is 40.2 Å². The molecule has 3 aromatic rings. The van der Waals surface area contributed by atoms with Gasteiger partial charge in [0.25, 0.3) is 5.91 Å². The number of carbonyl (C=O) groups is 2. The van der Waals surface area contributed by atoms with E-state index in [4.69, 9.17) is 13.9 Å². The van der Waals surface area contributed by atoms with E-state index in [0.29, 0.717) is 23.1 Å². The molecule has 0 aliphatic rings. The Morgan fingerprint density at radius 2 is 1.90 bits per heavy atom. The van der Waals surface area contributed by atoms with E-state index in [1.807, 2.05) is 6.07 Å². The van der Waals surface area contributed by atoms with Crippen LogP contribution in [0.2, 0.25) is 0 Å². The highest BCUT2D eigenvalue weighted by molar-refractivity contribution is 9.10. The largest absolute Gasteiger partial charge is 0.482 e. The van der Waals surface area contributed by atoms with Crippen molar-refractivity contribution in [3.63, 3.8) is 0 Å². The predicted octanol–water partition coefficient (Wildman–Crippen LogP) is 3.30. The first-order valence-electron chi connectivity index (χ1n) is 8.88. The smallest absolute Gasteiger partial charge is 0.349 e. The van der Waals surface area contributed by atoms with Crippen LogP contribution in [0.1, 0.15) is 16.8 Å². The van der Waals surface area contributed by atoms with E-state index >= 15 is 0 Å². The number of rotatable bonds is 8. The van der Waals surface area contributed by atoms with Crippen LogP contribution in [0.3, 0.4) is 0 Å². The van der Waals surface area contributed by atoms with E-state index < -0.39 is 17.5 Å². The van der Waals surface area contributed by atoms with E-state index in [2.05, 4.69) is 21.2 Å². The van der Waals surface area contributed by atoms with Gasteiger partial charge in [0.05, 0.1) is 6.61 Å². The average molecular weight is 460 g/mol. The number of para-hydroxylation sites is 1. The number of hydrogen-bond acceptors (Lipinski definition) is 6. The van der Waals surface area contributed by atoms with Crippen molar-refractivity contribution in [2.75, 3.05) is 19.8 Å². The Hall–Kier alpha value is -3.13. The predicted molar refractivity (Wildman–Crippen MR) is 110 cm³/mol. The molecule has 3 rings (SSSR count). The summed E-state index contributed by atoms with van der Waals surface area (Å²) in [6, 6.07) is 15.6. The van der Waals surface area contributed by atoms with Crippen LogP contribution in [0.5, 0.6) is 5.75 Å². The normalized spacial score (nSPS) is 10.5. The van der Waals surface area contributed by atoms with Gasteiger partial charge in [-0.25, -0.2) is 9.59 Å². The van der Waals surface area contributed by atoms with Gasteiger partial charge in [0.1, 0.15) is 16.9 Å². The molecule has 29 heavy (non-hydrogen) atoms. The summed E-state index contributed by atoms with van der Waals surface area (Å²) < 4.78 is 16.4. The molecule has 0 saturated carbocycles. The van der Waals surface area contributed by atoms with Gasteiger partial charge >= 0.3 is 11.6 Å². The fourth-order valence-electron chi connectivity index (χ4n) is 2.52. The molecule has 8 heteroatoms. The lowest BCUT2D eigenvalue weighted by Gasteiger charge is -2.08. The van der Waals surface area contributed by atoms with Crippen molar-refractivity contribution in [3.8, 4) is 5.75 Å². The Bertz CT molecular complexity index is 1080. The standard InChI is InChI=1S/C21H18BrNO6/c22-15-6-3-7-16(12-15)28-13-19(24)27-10-4-9-23-20(25)17-11-14-5-1-2-8-18(14)29-21(17)26/h1-3,5-8,11-12H,4,9-10,13H2,(H,23,25). The highest BCUT2D eigenvalue weighted by atomic mass is 79.9. The second kappa shape index (κ2) is 9.88. The molecule has 0 aliphatic carbocycles. The fraction of sp³-hybridized carbons (Fsp3) is 0.190. The molecule has 0 radical (unpaired) electrons. The third-order valence-corrected chi connectivity index (χ3v) is 4.40. The zero-order valence-corrected chi connectivity index (χ0v) is 16.9. The maximum atomic E-state index is 12.2. The van der Waals surface area contributed by atoms with Gasteiger partial charge in [0.2, 0.25) is 0 Å². The molecule has 150 valence electrons. The van der Waals surface area contributed by atoms with Crippen molar-refractivity contribution >= 4 is 38.8 Å². The molecule has 1 heterocycles. The second-order valence-corrected chi connectivity index (χ2v) is 6.98. The van der Waals surface area contributed by atoms with Gasteiger partial charge in [-0.05, 0) is 36.8 Å². The summed E-state index contributed by atoms with van der Waals surface area (Å²) in [6.07, 6.45) is 0.396. The molecule has 0 bridgehead atoms. The monoisotopic (exact) mass is 459 g/mol. The quantitative estimate of drug-likeness (QED) is 0.315. The Morgan fingerprint density at radius 3 is 2.72 bits per heavy atom. The molecule has 0 saturated heterocycles. The number of halogens is 1. The summed E-state index contributed by atoms with van der Waals surface area (Å²) in [6.45, 7) is 0.152. The van der Waals surface area contributed by atoms with Crippen molar-refractivity contribution in [2.45, 2.75) is 6.42 Å². The van der Waals surface area contributed by atoms with Crippen molar-refractivity contribution in [2.24, 2.45) is 0 Å². The minimum Gasteiger partial charge on any atom is -0.482 e. The number of esters is 1. The van der Waals surface area contributed by atoms with Crippen LogP contribution in [-0.2, 0) is 9.53 Å². The molecule has 0 atom stereocenters. The molecule has 0 fully saturated rings. The van der Waals surface area contributed by atoms with Crippen LogP contribution >= 0.6 is 15.9 Å². The summed E-state index contributed by atoms with van der Waals surface area (Å²) in [5.74, 6) is -0.488. The van der Waals surface area contributed by atoms with Crippen molar-refractivity contribution in [3.05, 3.63) is 75.1 Å². The maximum Gasteiger partial charge on any atom is 0.349 e. The fourth-order valence-corrected chi connectivity index (χ4v) is 2.89. The molecule has 0 spiro atoms. The van der Waals surface area contributed by atoms with Crippen molar-refractivity contribution in [1.82, 2.24) is 5.32 Å². The van der Waals surface area contributed by atoms with Crippen molar-refractivity contribution in [1.29, 1.82) is 0 Å². The number of ether oxygens (including phenoxy) is 2. The lowest BCUT2D eigenvalue weighted by atomic mass is 10.2. The summed E-state index contributed by atoms with van der Waals surface area (Å²) in [7, 11) is 0. The van der Waals surface area contributed by atoms with E-state index in [9.17, 15) is 14.4 Å².